The summed E-state index contributed by atoms with van der Waals surface area (Å²) >= 11 is 0. The highest BCUT2D eigenvalue weighted by atomic mass is 16.5. The number of carbonyl (C=O) groups is 1. The second-order valence-corrected chi connectivity index (χ2v) is 3.92. The second-order valence-electron chi connectivity index (χ2n) is 3.92. The van der Waals surface area contributed by atoms with Gasteiger partial charge in [-0.25, -0.2) is 4.79 Å². The summed E-state index contributed by atoms with van der Waals surface area (Å²) in [7, 11) is 2.77. The molecule has 0 aliphatic heterocycles. The Labute approximate surface area is 118 Å². The van der Waals surface area contributed by atoms with E-state index in [1.807, 2.05) is 6.92 Å². The molecule has 106 valence electrons. The van der Waals surface area contributed by atoms with E-state index in [-0.39, 0.29) is 5.57 Å². The summed E-state index contributed by atoms with van der Waals surface area (Å²) in [6, 6.07) is 6.99. The molecule has 1 rings (SSSR count). The third-order valence-electron chi connectivity index (χ3n) is 2.49. The molecule has 0 heterocycles. The minimum Gasteiger partial charge on any atom is -0.493 e. The van der Waals surface area contributed by atoms with Gasteiger partial charge in [-0.1, -0.05) is 13.0 Å². The van der Waals surface area contributed by atoms with Crippen molar-refractivity contribution in [3.05, 3.63) is 29.3 Å². The lowest BCUT2D eigenvalue weighted by molar-refractivity contribution is -0.135. The van der Waals surface area contributed by atoms with E-state index in [0.717, 1.165) is 6.42 Å². The van der Waals surface area contributed by atoms with E-state index in [2.05, 4.69) is 4.74 Å². The topological polar surface area (TPSA) is 68.5 Å². The lowest BCUT2D eigenvalue weighted by Crippen LogP contribution is -2.02. The SMILES string of the molecule is CCCOc1ccc(C=C(C#N)C(=O)OC)cc1OC. The molecule has 0 unspecified atom stereocenters. The molecule has 0 saturated heterocycles. The third-order valence-corrected chi connectivity index (χ3v) is 2.49. The van der Waals surface area contributed by atoms with E-state index in [0.29, 0.717) is 23.7 Å². The molecule has 0 spiro atoms. The van der Waals surface area contributed by atoms with Crippen LogP contribution in [-0.4, -0.2) is 26.8 Å². The maximum atomic E-state index is 11.3. The zero-order valence-electron chi connectivity index (χ0n) is 11.8. The fraction of sp³-hybridized carbons (Fsp3) is 0.333. The number of ether oxygens (including phenoxy) is 3. The van der Waals surface area contributed by atoms with Gasteiger partial charge in [0, 0.05) is 0 Å². The molecular formula is C15H17NO4. The molecule has 20 heavy (non-hydrogen) atoms. The Morgan fingerprint density at radius 2 is 2.10 bits per heavy atom. The maximum absolute atomic E-state index is 11.3. The molecule has 0 amide bonds. The van der Waals surface area contributed by atoms with Crippen LogP contribution in [0.15, 0.2) is 23.8 Å². The van der Waals surface area contributed by atoms with Crippen molar-refractivity contribution in [2.24, 2.45) is 0 Å². The summed E-state index contributed by atoms with van der Waals surface area (Å²) in [5, 5.41) is 8.91. The predicted molar refractivity (Wildman–Crippen MR) is 74.4 cm³/mol. The van der Waals surface area contributed by atoms with E-state index < -0.39 is 5.97 Å². The van der Waals surface area contributed by atoms with Crippen LogP contribution in [0.4, 0.5) is 0 Å². The largest absolute Gasteiger partial charge is 0.493 e. The van der Waals surface area contributed by atoms with E-state index in [9.17, 15) is 4.79 Å². The van der Waals surface area contributed by atoms with Crippen LogP contribution in [0.5, 0.6) is 11.5 Å². The first-order valence-electron chi connectivity index (χ1n) is 6.17. The number of nitriles is 1. The fourth-order valence-corrected chi connectivity index (χ4v) is 1.52. The quantitative estimate of drug-likeness (QED) is 0.453. The van der Waals surface area contributed by atoms with Crippen LogP contribution < -0.4 is 9.47 Å². The van der Waals surface area contributed by atoms with Crippen LogP contribution in [-0.2, 0) is 9.53 Å². The van der Waals surface area contributed by atoms with Crippen molar-refractivity contribution in [2.45, 2.75) is 13.3 Å². The highest BCUT2D eigenvalue weighted by Crippen LogP contribution is 2.29. The predicted octanol–water partition coefficient (Wildman–Crippen LogP) is 2.56. The van der Waals surface area contributed by atoms with Gasteiger partial charge in [0.15, 0.2) is 11.5 Å². The molecule has 5 nitrogen and oxygen atoms in total. The van der Waals surface area contributed by atoms with Gasteiger partial charge in [-0.2, -0.15) is 5.26 Å². The average molecular weight is 275 g/mol. The minimum atomic E-state index is -0.669. The van der Waals surface area contributed by atoms with Gasteiger partial charge in [-0.15, -0.1) is 0 Å². The minimum absolute atomic E-state index is 0.0724. The zero-order chi connectivity index (χ0) is 15.0. The summed E-state index contributed by atoms with van der Waals surface area (Å²) in [4.78, 5) is 11.3. The Balaban J connectivity index is 3.06. The van der Waals surface area contributed by atoms with Crippen molar-refractivity contribution >= 4 is 12.0 Å². The summed E-state index contributed by atoms with van der Waals surface area (Å²) in [6.45, 7) is 2.61. The van der Waals surface area contributed by atoms with Crippen LogP contribution in [0.25, 0.3) is 6.08 Å². The molecular weight excluding hydrogens is 258 g/mol. The Morgan fingerprint density at radius 1 is 1.35 bits per heavy atom. The lowest BCUT2D eigenvalue weighted by atomic mass is 10.1. The monoisotopic (exact) mass is 275 g/mol. The van der Waals surface area contributed by atoms with Gasteiger partial charge < -0.3 is 14.2 Å². The first-order valence-corrected chi connectivity index (χ1v) is 6.17. The Kier molecular flexibility index (Phi) is 6.11. The first kappa shape index (κ1) is 15.6. The normalized spacial score (nSPS) is 10.6. The van der Waals surface area contributed by atoms with Crippen molar-refractivity contribution in [3.63, 3.8) is 0 Å². The Morgan fingerprint density at radius 3 is 2.65 bits per heavy atom. The number of esters is 1. The van der Waals surface area contributed by atoms with Gasteiger partial charge in [0.1, 0.15) is 11.6 Å². The number of nitrogens with zero attached hydrogens (tertiary/aromatic N) is 1. The molecule has 1 aromatic rings. The molecule has 0 saturated carbocycles. The van der Waals surface area contributed by atoms with E-state index in [1.54, 1.807) is 24.3 Å². The Hall–Kier alpha value is -2.48. The fourth-order valence-electron chi connectivity index (χ4n) is 1.52. The van der Waals surface area contributed by atoms with E-state index in [4.69, 9.17) is 14.7 Å². The molecule has 5 heteroatoms. The van der Waals surface area contributed by atoms with Crippen molar-refractivity contribution in [1.29, 1.82) is 5.26 Å². The van der Waals surface area contributed by atoms with Crippen molar-refractivity contribution in [3.8, 4) is 17.6 Å². The second kappa shape index (κ2) is 7.85. The molecule has 0 bridgehead atoms. The molecule has 0 radical (unpaired) electrons. The molecule has 1 aromatic carbocycles. The van der Waals surface area contributed by atoms with E-state index in [1.165, 1.54) is 20.3 Å². The third kappa shape index (κ3) is 4.02. The van der Waals surface area contributed by atoms with Crippen molar-refractivity contribution in [2.75, 3.05) is 20.8 Å². The van der Waals surface area contributed by atoms with Crippen molar-refractivity contribution < 1.29 is 19.0 Å². The summed E-state index contributed by atoms with van der Waals surface area (Å²) in [5.74, 6) is 0.509. The highest BCUT2D eigenvalue weighted by Gasteiger charge is 2.10. The van der Waals surface area contributed by atoms with Gasteiger partial charge in [0.25, 0.3) is 0 Å². The van der Waals surface area contributed by atoms with Crippen molar-refractivity contribution in [1.82, 2.24) is 0 Å². The number of benzene rings is 1. The average Bonchev–Trinajstić information content (AvgIpc) is 2.50. The van der Waals surface area contributed by atoms with Gasteiger partial charge in [0.2, 0.25) is 0 Å². The molecule has 0 fully saturated rings. The molecule has 0 N–H and O–H groups in total. The Bertz CT molecular complexity index is 543. The summed E-state index contributed by atoms with van der Waals surface area (Å²) in [5.41, 5.74) is 0.587. The standard InChI is InChI=1S/C15H17NO4/c1-4-7-20-13-6-5-11(9-14(13)18-2)8-12(10-16)15(17)19-3/h5-6,8-9H,4,7H2,1-3H3. The van der Waals surface area contributed by atoms with Gasteiger partial charge in [-0.3, -0.25) is 0 Å². The van der Waals surface area contributed by atoms with Crippen LogP contribution >= 0.6 is 0 Å². The maximum Gasteiger partial charge on any atom is 0.348 e. The number of hydrogen-bond acceptors (Lipinski definition) is 5. The van der Waals surface area contributed by atoms with Gasteiger partial charge in [0.05, 0.1) is 20.8 Å². The molecule has 0 aliphatic carbocycles. The number of rotatable bonds is 6. The van der Waals surface area contributed by atoms with Crippen LogP contribution in [0, 0.1) is 11.3 Å². The summed E-state index contributed by atoms with van der Waals surface area (Å²) in [6.07, 6.45) is 2.34. The van der Waals surface area contributed by atoms with Crippen LogP contribution in [0.1, 0.15) is 18.9 Å². The smallest absolute Gasteiger partial charge is 0.348 e. The van der Waals surface area contributed by atoms with Gasteiger partial charge in [-0.05, 0) is 30.2 Å². The molecule has 0 aromatic heterocycles. The molecule has 0 aliphatic rings. The zero-order valence-corrected chi connectivity index (χ0v) is 11.8. The lowest BCUT2D eigenvalue weighted by Gasteiger charge is -2.10. The number of hydrogen-bond donors (Lipinski definition) is 0. The number of carbonyl (C=O) groups excluding carboxylic acids is 1. The van der Waals surface area contributed by atoms with Crippen LogP contribution in [0.2, 0.25) is 0 Å². The van der Waals surface area contributed by atoms with Gasteiger partial charge >= 0.3 is 5.97 Å². The van der Waals surface area contributed by atoms with Crippen LogP contribution in [0.3, 0.4) is 0 Å². The highest BCUT2D eigenvalue weighted by molar-refractivity contribution is 5.97. The first-order chi connectivity index (χ1) is 9.65. The van der Waals surface area contributed by atoms with E-state index >= 15 is 0 Å². The molecule has 0 atom stereocenters. The summed E-state index contributed by atoms with van der Waals surface area (Å²) < 4.78 is 15.3. The number of methoxy groups -OCH3 is 2.